The summed E-state index contributed by atoms with van der Waals surface area (Å²) in [6, 6.07) is 8.33. The fourth-order valence-corrected chi connectivity index (χ4v) is 4.24. The molecule has 0 N–H and O–H groups in total. The second-order valence-electron chi connectivity index (χ2n) is 6.59. The molecule has 0 atom stereocenters. The van der Waals surface area contributed by atoms with Gasteiger partial charge < -0.3 is 14.5 Å². The molecule has 0 spiro atoms. The number of pyridine rings is 1. The molecule has 6 nitrogen and oxygen atoms in total. The van der Waals surface area contributed by atoms with Crippen molar-refractivity contribution in [2.75, 3.05) is 43.1 Å². The van der Waals surface area contributed by atoms with Crippen molar-refractivity contribution in [3.05, 3.63) is 35.8 Å². The third-order valence-corrected chi connectivity index (χ3v) is 5.62. The molecule has 7 heteroatoms. The molecule has 0 amide bonds. The Morgan fingerprint density at radius 2 is 1.85 bits per heavy atom. The van der Waals surface area contributed by atoms with Gasteiger partial charge in [-0.05, 0) is 32.4 Å². The minimum atomic E-state index is 0.827. The highest BCUT2D eigenvalue weighted by molar-refractivity contribution is 7.09. The molecular weight excluding hydrogens is 346 g/mol. The Morgan fingerprint density at radius 1 is 1.04 bits per heavy atom. The van der Waals surface area contributed by atoms with Crippen LogP contribution in [-0.2, 0) is 0 Å². The molecule has 0 radical (unpaired) electrons. The average molecular weight is 369 g/mol. The summed E-state index contributed by atoms with van der Waals surface area (Å²) in [5.41, 5.74) is 3.19. The second-order valence-corrected chi connectivity index (χ2v) is 7.32. The Balaban J connectivity index is 1.65. The summed E-state index contributed by atoms with van der Waals surface area (Å²) < 4.78 is 9.85. The molecule has 4 rings (SSSR count). The van der Waals surface area contributed by atoms with E-state index in [0.29, 0.717) is 0 Å². The van der Waals surface area contributed by atoms with Crippen molar-refractivity contribution in [3.8, 4) is 5.75 Å². The first-order chi connectivity index (χ1) is 12.7. The van der Waals surface area contributed by atoms with Gasteiger partial charge in [0.2, 0.25) is 5.13 Å². The van der Waals surface area contributed by atoms with Gasteiger partial charge in [-0.15, -0.1) is 0 Å². The number of rotatable bonds is 3. The first-order valence-corrected chi connectivity index (χ1v) is 9.67. The molecule has 3 aromatic rings. The maximum Gasteiger partial charge on any atom is 0.205 e. The Kier molecular flexibility index (Phi) is 4.63. The van der Waals surface area contributed by atoms with Gasteiger partial charge in [0.05, 0.1) is 7.11 Å². The zero-order valence-electron chi connectivity index (χ0n) is 15.4. The zero-order chi connectivity index (χ0) is 18.1. The molecule has 0 unspecified atom stereocenters. The van der Waals surface area contributed by atoms with Crippen molar-refractivity contribution >= 4 is 33.3 Å². The first-order valence-electron chi connectivity index (χ1n) is 8.90. The van der Waals surface area contributed by atoms with Crippen molar-refractivity contribution in [2.45, 2.75) is 20.3 Å². The number of anilines is 2. The summed E-state index contributed by atoms with van der Waals surface area (Å²) >= 11 is 1.49. The lowest BCUT2D eigenvalue weighted by Gasteiger charge is -2.25. The molecular formula is C19H23N5OS. The van der Waals surface area contributed by atoms with E-state index in [1.54, 1.807) is 7.11 Å². The molecule has 1 aromatic carbocycles. The monoisotopic (exact) mass is 369 g/mol. The van der Waals surface area contributed by atoms with Crippen molar-refractivity contribution in [1.82, 2.24) is 14.3 Å². The standard InChI is InChI=1S/C19H23N5OS/c1-13-12-16(15-6-4-7-17(25-3)18(15)20-13)23-8-5-9-24(11-10-23)19-21-14(2)22-26-19/h4,6-7,12H,5,8-11H2,1-3H3. The van der Waals surface area contributed by atoms with E-state index in [-0.39, 0.29) is 0 Å². The predicted octanol–water partition coefficient (Wildman–Crippen LogP) is 3.43. The number of methoxy groups -OCH3 is 1. The van der Waals surface area contributed by atoms with Gasteiger partial charge in [0.1, 0.15) is 17.1 Å². The molecule has 0 aliphatic carbocycles. The Morgan fingerprint density at radius 3 is 2.62 bits per heavy atom. The number of aryl methyl sites for hydroxylation is 2. The van der Waals surface area contributed by atoms with E-state index in [0.717, 1.165) is 65.9 Å². The minimum Gasteiger partial charge on any atom is -0.494 e. The van der Waals surface area contributed by atoms with E-state index < -0.39 is 0 Å². The first kappa shape index (κ1) is 17.0. The lowest BCUT2D eigenvalue weighted by molar-refractivity contribution is 0.419. The van der Waals surface area contributed by atoms with E-state index in [4.69, 9.17) is 9.72 Å². The van der Waals surface area contributed by atoms with Gasteiger partial charge in [0.25, 0.3) is 0 Å². The van der Waals surface area contributed by atoms with Crippen molar-refractivity contribution in [1.29, 1.82) is 0 Å². The maximum absolute atomic E-state index is 5.52. The number of benzene rings is 1. The molecule has 2 aromatic heterocycles. The summed E-state index contributed by atoms with van der Waals surface area (Å²) in [6.45, 7) is 7.92. The number of para-hydroxylation sites is 1. The third-order valence-electron chi connectivity index (χ3n) is 4.75. The van der Waals surface area contributed by atoms with Crippen LogP contribution in [0.15, 0.2) is 24.3 Å². The Bertz CT molecular complexity index is 925. The van der Waals surface area contributed by atoms with Crippen LogP contribution in [0.2, 0.25) is 0 Å². The fourth-order valence-electron chi connectivity index (χ4n) is 3.52. The number of aromatic nitrogens is 3. The van der Waals surface area contributed by atoms with Crippen molar-refractivity contribution < 1.29 is 4.74 Å². The van der Waals surface area contributed by atoms with Gasteiger partial charge in [-0.3, -0.25) is 0 Å². The predicted molar refractivity (Wildman–Crippen MR) is 107 cm³/mol. The summed E-state index contributed by atoms with van der Waals surface area (Å²) in [6.07, 6.45) is 1.09. The molecule has 0 bridgehead atoms. The lowest BCUT2D eigenvalue weighted by atomic mass is 10.1. The molecule has 0 saturated carbocycles. The Hall–Kier alpha value is -2.41. The maximum atomic E-state index is 5.52. The van der Waals surface area contributed by atoms with Crippen LogP contribution in [0.4, 0.5) is 10.8 Å². The van der Waals surface area contributed by atoms with E-state index in [1.165, 1.54) is 17.2 Å². The van der Waals surface area contributed by atoms with Gasteiger partial charge in [-0.25, -0.2) is 9.97 Å². The van der Waals surface area contributed by atoms with Gasteiger partial charge in [-0.1, -0.05) is 12.1 Å². The van der Waals surface area contributed by atoms with Crippen molar-refractivity contribution in [2.24, 2.45) is 0 Å². The van der Waals surface area contributed by atoms with E-state index in [9.17, 15) is 0 Å². The van der Waals surface area contributed by atoms with Crippen LogP contribution in [0.25, 0.3) is 10.9 Å². The van der Waals surface area contributed by atoms with Gasteiger partial charge in [-0.2, -0.15) is 4.37 Å². The Labute approximate surface area is 157 Å². The summed E-state index contributed by atoms with van der Waals surface area (Å²) in [4.78, 5) is 14.1. The average Bonchev–Trinajstić information content (AvgIpc) is 2.93. The molecule has 1 aliphatic heterocycles. The third kappa shape index (κ3) is 3.19. The highest BCUT2D eigenvalue weighted by Gasteiger charge is 2.20. The van der Waals surface area contributed by atoms with Crippen LogP contribution in [0.5, 0.6) is 5.75 Å². The highest BCUT2D eigenvalue weighted by Crippen LogP contribution is 2.33. The lowest BCUT2D eigenvalue weighted by Crippen LogP contribution is -2.30. The van der Waals surface area contributed by atoms with Crippen LogP contribution >= 0.6 is 11.5 Å². The molecule has 1 saturated heterocycles. The number of hydrogen-bond acceptors (Lipinski definition) is 7. The van der Waals surface area contributed by atoms with Crippen LogP contribution in [0.3, 0.4) is 0 Å². The quantitative estimate of drug-likeness (QED) is 0.705. The molecule has 1 aliphatic rings. The number of nitrogens with zero attached hydrogens (tertiary/aromatic N) is 5. The zero-order valence-corrected chi connectivity index (χ0v) is 16.2. The number of fused-ring (bicyclic) bond motifs is 1. The van der Waals surface area contributed by atoms with Crippen LogP contribution in [-0.4, -0.2) is 47.6 Å². The smallest absolute Gasteiger partial charge is 0.205 e. The molecule has 26 heavy (non-hydrogen) atoms. The summed E-state index contributed by atoms with van der Waals surface area (Å²) in [7, 11) is 1.70. The van der Waals surface area contributed by atoms with E-state index in [2.05, 4.69) is 31.3 Å². The fraction of sp³-hybridized carbons (Fsp3) is 0.421. The van der Waals surface area contributed by atoms with Gasteiger partial charge in [0.15, 0.2) is 0 Å². The SMILES string of the molecule is COc1cccc2c(N3CCCN(c4nc(C)ns4)CC3)cc(C)nc12. The number of ether oxygens (including phenoxy) is 1. The van der Waals surface area contributed by atoms with E-state index >= 15 is 0 Å². The molecule has 1 fully saturated rings. The largest absolute Gasteiger partial charge is 0.494 e. The van der Waals surface area contributed by atoms with Crippen molar-refractivity contribution in [3.63, 3.8) is 0 Å². The van der Waals surface area contributed by atoms with Crippen LogP contribution in [0, 0.1) is 13.8 Å². The highest BCUT2D eigenvalue weighted by atomic mass is 32.1. The number of hydrogen-bond donors (Lipinski definition) is 0. The topological polar surface area (TPSA) is 54.4 Å². The van der Waals surface area contributed by atoms with Gasteiger partial charge >= 0.3 is 0 Å². The van der Waals surface area contributed by atoms with Crippen LogP contribution < -0.4 is 14.5 Å². The van der Waals surface area contributed by atoms with Gasteiger partial charge in [0, 0.05) is 54.5 Å². The van der Waals surface area contributed by atoms with Crippen LogP contribution in [0.1, 0.15) is 17.9 Å². The normalized spacial score (nSPS) is 15.3. The molecule has 136 valence electrons. The van der Waals surface area contributed by atoms with E-state index in [1.807, 2.05) is 26.0 Å². The second kappa shape index (κ2) is 7.07. The summed E-state index contributed by atoms with van der Waals surface area (Å²) in [5, 5.41) is 2.18. The molecule has 3 heterocycles. The minimum absolute atomic E-state index is 0.827. The summed E-state index contributed by atoms with van der Waals surface area (Å²) in [5.74, 6) is 1.68.